The minimum absolute atomic E-state index is 0.100. The van der Waals surface area contributed by atoms with E-state index in [1.807, 2.05) is 0 Å². The fourth-order valence-electron chi connectivity index (χ4n) is 2.47. The summed E-state index contributed by atoms with van der Waals surface area (Å²) >= 11 is 0. The summed E-state index contributed by atoms with van der Waals surface area (Å²) < 4.78 is 39.3. The summed E-state index contributed by atoms with van der Waals surface area (Å²) in [4.78, 5) is 15.0. The molecular weight excluding hydrogens is 305 g/mol. The van der Waals surface area contributed by atoms with Crippen molar-refractivity contribution in [2.24, 2.45) is 5.73 Å². The number of pyridine rings is 1. The van der Waals surface area contributed by atoms with Crippen LogP contribution in [0.1, 0.15) is 15.9 Å². The number of rotatable bonds is 2. The number of hydrogen-bond acceptors (Lipinski definition) is 2. The zero-order chi connectivity index (χ0) is 16.6. The number of amides is 1. The van der Waals surface area contributed by atoms with Crippen molar-refractivity contribution in [3.63, 3.8) is 0 Å². The van der Waals surface area contributed by atoms with Gasteiger partial charge < -0.3 is 5.73 Å². The minimum atomic E-state index is -4.47. The van der Waals surface area contributed by atoms with Crippen molar-refractivity contribution in [3.05, 3.63) is 65.9 Å². The molecule has 0 spiro atoms. The number of carbonyl (C=O) groups is 1. The molecule has 3 nitrogen and oxygen atoms in total. The van der Waals surface area contributed by atoms with Crippen LogP contribution in [0.25, 0.3) is 22.0 Å². The molecule has 6 heteroatoms. The van der Waals surface area contributed by atoms with Gasteiger partial charge in [-0.1, -0.05) is 24.3 Å². The molecule has 0 saturated carbocycles. The average Bonchev–Trinajstić information content (AvgIpc) is 2.53. The summed E-state index contributed by atoms with van der Waals surface area (Å²) in [7, 11) is 0. The second-order valence-corrected chi connectivity index (χ2v) is 5.00. The highest BCUT2D eigenvalue weighted by Gasteiger charge is 2.33. The molecule has 0 atom stereocenters. The average molecular weight is 316 g/mol. The van der Waals surface area contributed by atoms with E-state index in [0.29, 0.717) is 22.1 Å². The van der Waals surface area contributed by atoms with E-state index >= 15 is 0 Å². The largest absolute Gasteiger partial charge is 0.418 e. The van der Waals surface area contributed by atoms with Crippen LogP contribution in [0.2, 0.25) is 0 Å². The molecule has 116 valence electrons. The SMILES string of the molecule is NC(=O)c1ccc(-c2ccnc3c(C(F)(F)F)cccc23)cc1. The first-order valence-electron chi connectivity index (χ1n) is 6.73. The Morgan fingerprint density at radius 3 is 2.30 bits per heavy atom. The number of nitrogens with zero attached hydrogens (tertiary/aromatic N) is 1. The first-order valence-corrected chi connectivity index (χ1v) is 6.73. The highest BCUT2D eigenvalue weighted by molar-refractivity contribution is 5.97. The molecule has 2 aromatic carbocycles. The number of hydrogen-bond donors (Lipinski definition) is 1. The van der Waals surface area contributed by atoms with E-state index in [1.165, 1.54) is 24.4 Å². The molecule has 0 radical (unpaired) electrons. The molecule has 0 aliphatic heterocycles. The van der Waals surface area contributed by atoms with Crippen molar-refractivity contribution in [2.45, 2.75) is 6.18 Å². The van der Waals surface area contributed by atoms with Gasteiger partial charge in [0.1, 0.15) is 0 Å². The number of para-hydroxylation sites is 1. The lowest BCUT2D eigenvalue weighted by atomic mass is 9.98. The van der Waals surface area contributed by atoms with E-state index in [0.717, 1.165) is 6.07 Å². The maximum Gasteiger partial charge on any atom is 0.418 e. The second-order valence-electron chi connectivity index (χ2n) is 5.00. The predicted molar refractivity (Wildman–Crippen MR) is 80.7 cm³/mol. The molecule has 0 saturated heterocycles. The van der Waals surface area contributed by atoms with E-state index in [1.54, 1.807) is 24.3 Å². The number of aromatic nitrogens is 1. The maximum atomic E-state index is 13.1. The normalized spacial score (nSPS) is 11.6. The van der Waals surface area contributed by atoms with Crippen molar-refractivity contribution in [3.8, 4) is 11.1 Å². The van der Waals surface area contributed by atoms with Gasteiger partial charge in [-0.2, -0.15) is 13.2 Å². The summed E-state index contributed by atoms with van der Waals surface area (Å²) in [5, 5.41) is 0.397. The zero-order valence-corrected chi connectivity index (χ0v) is 11.8. The van der Waals surface area contributed by atoms with Crippen LogP contribution in [0.3, 0.4) is 0 Å². The number of fused-ring (bicyclic) bond motifs is 1. The molecule has 1 aromatic heterocycles. The van der Waals surface area contributed by atoms with Crippen LogP contribution < -0.4 is 5.73 Å². The van der Waals surface area contributed by atoms with Crippen molar-refractivity contribution < 1.29 is 18.0 Å². The van der Waals surface area contributed by atoms with Gasteiger partial charge in [-0.15, -0.1) is 0 Å². The predicted octanol–water partition coefficient (Wildman–Crippen LogP) is 4.02. The third-order valence-electron chi connectivity index (χ3n) is 3.56. The van der Waals surface area contributed by atoms with Crippen LogP contribution >= 0.6 is 0 Å². The molecular formula is C17H11F3N2O. The molecule has 0 bridgehead atoms. The van der Waals surface area contributed by atoms with E-state index in [9.17, 15) is 18.0 Å². The third kappa shape index (κ3) is 2.75. The summed E-state index contributed by atoms with van der Waals surface area (Å²) in [5.74, 6) is -0.560. The minimum Gasteiger partial charge on any atom is -0.366 e. The van der Waals surface area contributed by atoms with Crippen molar-refractivity contribution in [1.82, 2.24) is 4.98 Å². The summed E-state index contributed by atoms with van der Waals surface area (Å²) in [5.41, 5.74) is 5.94. The van der Waals surface area contributed by atoms with Crippen LogP contribution in [0, 0.1) is 0 Å². The van der Waals surface area contributed by atoms with E-state index in [-0.39, 0.29) is 5.52 Å². The summed E-state index contributed by atoms with van der Waals surface area (Å²) in [6.07, 6.45) is -3.13. The van der Waals surface area contributed by atoms with Crippen molar-refractivity contribution in [1.29, 1.82) is 0 Å². The quantitative estimate of drug-likeness (QED) is 0.776. The Balaban J connectivity index is 2.21. The monoisotopic (exact) mass is 316 g/mol. The van der Waals surface area contributed by atoms with Crippen LogP contribution in [-0.4, -0.2) is 10.9 Å². The Morgan fingerprint density at radius 1 is 1.00 bits per heavy atom. The van der Waals surface area contributed by atoms with Gasteiger partial charge in [-0.25, -0.2) is 0 Å². The fraction of sp³-hybridized carbons (Fsp3) is 0.0588. The second kappa shape index (κ2) is 5.39. The number of primary amides is 1. The first-order chi connectivity index (χ1) is 10.9. The molecule has 3 aromatic rings. The highest BCUT2D eigenvalue weighted by atomic mass is 19.4. The topological polar surface area (TPSA) is 56.0 Å². The standard InChI is InChI=1S/C17H11F3N2O/c18-17(19,20)14-3-1-2-13-12(8-9-22-15(13)14)10-4-6-11(7-5-10)16(21)23/h1-9H,(H2,21,23). The Bertz CT molecular complexity index is 886. The van der Waals surface area contributed by atoms with E-state index < -0.39 is 17.6 Å². The van der Waals surface area contributed by atoms with E-state index in [4.69, 9.17) is 5.73 Å². The van der Waals surface area contributed by atoms with Gasteiger partial charge in [0.05, 0.1) is 11.1 Å². The molecule has 1 amide bonds. The van der Waals surface area contributed by atoms with Crippen molar-refractivity contribution in [2.75, 3.05) is 0 Å². The molecule has 23 heavy (non-hydrogen) atoms. The molecule has 0 aliphatic rings. The van der Waals surface area contributed by atoms with Crippen LogP contribution in [0.15, 0.2) is 54.7 Å². The van der Waals surface area contributed by atoms with Crippen LogP contribution in [0.4, 0.5) is 13.2 Å². The Hall–Kier alpha value is -2.89. The third-order valence-corrected chi connectivity index (χ3v) is 3.56. The summed E-state index contributed by atoms with van der Waals surface area (Å²) in [6.45, 7) is 0. The van der Waals surface area contributed by atoms with E-state index in [2.05, 4.69) is 4.98 Å². The van der Waals surface area contributed by atoms with Gasteiger partial charge in [0.15, 0.2) is 0 Å². The Labute approximate surface area is 129 Å². The van der Waals surface area contributed by atoms with Gasteiger partial charge in [0.25, 0.3) is 0 Å². The lowest BCUT2D eigenvalue weighted by Crippen LogP contribution is -2.10. The van der Waals surface area contributed by atoms with Gasteiger partial charge in [-0.05, 0) is 35.4 Å². The number of benzene rings is 2. The molecule has 3 rings (SSSR count). The maximum absolute atomic E-state index is 13.1. The number of carbonyl (C=O) groups excluding carboxylic acids is 1. The van der Waals surface area contributed by atoms with Crippen LogP contribution in [0.5, 0.6) is 0 Å². The van der Waals surface area contributed by atoms with Crippen molar-refractivity contribution >= 4 is 16.8 Å². The van der Waals surface area contributed by atoms with Gasteiger partial charge in [-0.3, -0.25) is 9.78 Å². The molecule has 0 unspecified atom stereocenters. The molecule has 2 N–H and O–H groups in total. The lowest BCUT2D eigenvalue weighted by molar-refractivity contribution is -0.136. The zero-order valence-electron chi connectivity index (χ0n) is 11.8. The number of halogens is 3. The van der Waals surface area contributed by atoms with Gasteiger partial charge in [0, 0.05) is 17.1 Å². The smallest absolute Gasteiger partial charge is 0.366 e. The number of alkyl halides is 3. The van der Waals surface area contributed by atoms with Gasteiger partial charge in [0.2, 0.25) is 5.91 Å². The van der Waals surface area contributed by atoms with Crippen LogP contribution in [-0.2, 0) is 6.18 Å². The Morgan fingerprint density at radius 2 is 1.70 bits per heavy atom. The molecule has 1 heterocycles. The Kier molecular flexibility index (Phi) is 3.52. The molecule has 0 fully saturated rings. The number of nitrogens with two attached hydrogens (primary N) is 1. The highest BCUT2D eigenvalue weighted by Crippen LogP contribution is 2.36. The van der Waals surface area contributed by atoms with Gasteiger partial charge >= 0.3 is 6.18 Å². The molecule has 0 aliphatic carbocycles. The summed E-state index contributed by atoms with van der Waals surface area (Å²) in [6, 6.07) is 12.0. The lowest BCUT2D eigenvalue weighted by Gasteiger charge is -2.12. The fourth-order valence-corrected chi connectivity index (χ4v) is 2.47. The first kappa shape index (κ1) is 15.0.